The predicted molar refractivity (Wildman–Crippen MR) is 336 cm³/mol. The molecular formula is C66H86N8O12. The Bertz CT molecular complexity index is 3150. The highest BCUT2D eigenvalue weighted by molar-refractivity contribution is 6.21. The minimum atomic E-state index is -0.861. The average Bonchev–Trinajstić information content (AvgIpc) is 1.97. The van der Waals surface area contributed by atoms with Gasteiger partial charge >= 0.3 is 0 Å². The molecule has 5 aliphatic rings. The van der Waals surface area contributed by atoms with Gasteiger partial charge in [-0.3, -0.25) is 43.7 Å². The van der Waals surface area contributed by atoms with Crippen LogP contribution in [0.2, 0.25) is 0 Å². The molecule has 0 saturated carbocycles. The Morgan fingerprint density at radius 1 is 0.663 bits per heavy atom. The van der Waals surface area contributed by atoms with Crippen molar-refractivity contribution in [3.05, 3.63) is 107 Å². The van der Waals surface area contributed by atoms with Gasteiger partial charge in [-0.2, -0.15) is 0 Å². The molecule has 6 amide bonds. The summed E-state index contributed by atoms with van der Waals surface area (Å²) in [5.41, 5.74) is 5.68. The summed E-state index contributed by atoms with van der Waals surface area (Å²) in [4.78, 5) is 99.5. The van der Waals surface area contributed by atoms with Crippen LogP contribution < -0.4 is 39.6 Å². The van der Waals surface area contributed by atoms with Crippen molar-refractivity contribution in [3.8, 4) is 28.7 Å². The molecule has 3 unspecified atom stereocenters. The van der Waals surface area contributed by atoms with E-state index in [1.165, 1.54) is 19.1 Å². The highest BCUT2D eigenvalue weighted by Crippen LogP contribution is 2.42. The smallest absolute Gasteiger partial charge is 0.260 e. The van der Waals surface area contributed by atoms with Gasteiger partial charge in [-0.15, -0.1) is 0 Å². The van der Waals surface area contributed by atoms with Gasteiger partial charge in [0.05, 0.1) is 81.7 Å². The highest BCUT2D eigenvalue weighted by atomic mass is 16.5. The summed E-state index contributed by atoms with van der Waals surface area (Å²) in [6.45, 7) is 16.2. The maximum absolute atomic E-state index is 13.8. The molecule has 20 heteroatoms. The van der Waals surface area contributed by atoms with Crippen molar-refractivity contribution in [1.82, 2.24) is 25.3 Å². The minimum absolute atomic E-state index is 0. The monoisotopic (exact) mass is 1180 g/mol. The number of carbonyl (C=O) groups is 7. The minimum Gasteiger partial charge on any atom is -0.497 e. The molecular weight excluding hydrogens is 1100 g/mol. The number of hydrogen-bond acceptors (Lipinski definition) is 15. The van der Waals surface area contributed by atoms with E-state index in [0.29, 0.717) is 103 Å². The van der Waals surface area contributed by atoms with Crippen LogP contribution >= 0.6 is 0 Å². The lowest BCUT2D eigenvalue weighted by Gasteiger charge is -2.41. The van der Waals surface area contributed by atoms with E-state index in [1.54, 1.807) is 74.5 Å². The summed E-state index contributed by atoms with van der Waals surface area (Å²) >= 11 is 0. The number of aldehydes is 1. The van der Waals surface area contributed by atoms with E-state index in [1.807, 2.05) is 102 Å². The van der Waals surface area contributed by atoms with E-state index >= 15 is 0 Å². The predicted octanol–water partition coefficient (Wildman–Crippen LogP) is 10.6. The number of likely N-dealkylation sites (N-methyl/N-ethyl adjacent to an activating group) is 1. The maximum Gasteiger partial charge on any atom is 0.260 e. The van der Waals surface area contributed by atoms with Gasteiger partial charge in [0.15, 0.2) is 23.0 Å². The van der Waals surface area contributed by atoms with Crippen molar-refractivity contribution >= 4 is 82.4 Å². The first-order chi connectivity index (χ1) is 41.0. The van der Waals surface area contributed by atoms with Crippen LogP contribution in [0.4, 0.5) is 17.1 Å². The highest BCUT2D eigenvalue weighted by Gasteiger charge is 2.53. The van der Waals surface area contributed by atoms with Crippen molar-refractivity contribution in [2.75, 3.05) is 60.0 Å². The zero-order valence-corrected chi connectivity index (χ0v) is 51.0. The number of β-lactam (4-membered cyclic amide) rings is 2. The average molecular weight is 1180 g/mol. The van der Waals surface area contributed by atoms with Crippen LogP contribution in [0.3, 0.4) is 0 Å². The molecule has 0 spiro atoms. The summed E-state index contributed by atoms with van der Waals surface area (Å²) in [6.07, 6.45) is 12.3. The molecule has 86 heavy (non-hydrogen) atoms. The summed E-state index contributed by atoms with van der Waals surface area (Å²) in [6, 6.07) is 21.2. The molecule has 3 atom stereocenters. The number of carbonyl (C=O) groups excluding carboxylic acids is 7. The van der Waals surface area contributed by atoms with Crippen molar-refractivity contribution in [2.24, 2.45) is 21.3 Å². The number of fused-ring (bicyclic) bond motifs is 4. The van der Waals surface area contributed by atoms with E-state index in [-0.39, 0.29) is 74.0 Å². The van der Waals surface area contributed by atoms with Crippen LogP contribution in [-0.2, 0) is 24.0 Å². The van der Waals surface area contributed by atoms with Gasteiger partial charge in [-0.1, -0.05) is 79.7 Å². The molecule has 20 nitrogen and oxygen atoms in total. The standard InChI is InChI=1S/C45H44N6O8.C16H26N2O4.2C2H6.CH4/c1-46-24-43(52)49-31-10-6-27(7-11-31)29-16-32-22-47-37-20-41(39(56-3)18-35(37)44(53)50(32)25-29)58-14-5-15-59-42-21-38-36(19-40(42)57-4)45(54)51-26-30(17-33(51)23-48-38)28-8-12-34(55-2)13-9-28;1-11(2)12(10-19)17-13(20)8-6-5-7-9-18-14(21)16(3,4)15(18)22;2*1-2;/h6-13,18-23,25-26,32-33,46H,5,14-17,24H2,1-4H3,(H,49,52);10-12H,5-9H2,1-4H3,(H,17,20);2*1-2H3;1H4. The van der Waals surface area contributed by atoms with Crippen molar-refractivity contribution in [2.45, 2.75) is 126 Å². The third-order valence-electron chi connectivity index (χ3n) is 14.6. The number of nitrogens with zero attached hydrogens (tertiary/aromatic N) is 5. The number of anilines is 1. The van der Waals surface area contributed by atoms with Crippen LogP contribution in [0.15, 0.2) is 95.2 Å². The summed E-state index contributed by atoms with van der Waals surface area (Å²) < 4.78 is 28.9. The molecule has 4 aromatic rings. The van der Waals surface area contributed by atoms with Crippen molar-refractivity contribution in [3.63, 3.8) is 0 Å². The number of nitrogens with one attached hydrogen (secondary N) is 3. The van der Waals surface area contributed by atoms with Gasteiger partial charge in [-0.25, -0.2) is 0 Å². The molecule has 462 valence electrons. The first-order valence-corrected chi connectivity index (χ1v) is 29.1. The molecule has 1 fully saturated rings. The van der Waals surface area contributed by atoms with E-state index in [9.17, 15) is 33.6 Å². The van der Waals surface area contributed by atoms with Gasteiger partial charge in [0.2, 0.25) is 23.6 Å². The topological polar surface area (TPSA) is 236 Å². The van der Waals surface area contributed by atoms with Crippen LogP contribution in [0, 0.1) is 11.3 Å². The van der Waals surface area contributed by atoms with Crippen LogP contribution in [0.5, 0.6) is 28.7 Å². The molecule has 4 aromatic carbocycles. The zero-order chi connectivity index (χ0) is 62.0. The third kappa shape index (κ3) is 16.2. The van der Waals surface area contributed by atoms with E-state index in [4.69, 9.17) is 33.7 Å². The molecule has 1 saturated heterocycles. The van der Waals surface area contributed by atoms with E-state index in [2.05, 4.69) is 16.0 Å². The normalized spacial score (nSPS) is 16.8. The Morgan fingerprint density at radius 2 is 1.15 bits per heavy atom. The van der Waals surface area contributed by atoms with E-state index in [0.717, 1.165) is 40.7 Å². The van der Waals surface area contributed by atoms with E-state index < -0.39 is 11.5 Å². The number of hydrogen-bond donors (Lipinski definition) is 3. The lowest BCUT2D eigenvalue weighted by Crippen LogP contribution is -2.63. The lowest BCUT2D eigenvalue weighted by molar-refractivity contribution is -0.174. The molecule has 3 N–H and O–H groups in total. The fourth-order valence-electron chi connectivity index (χ4n) is 9.86. The first kappa shape index (κ1) is 68.1. The largest absolute Gasteiger partial charge is 0.497 e. The molecule has 5 heterocycles. The maximum atomic E-state index is 13.8. The van der Waals surface area contributed by atoms with Crippen molar-refractivity contribution in [1.29, 1.82) is 0 Å². The van der Waals surface area contributed by atoms with Gasteiger partial charge in [0, 0.05) is 74.9 Å². The molecule has 5 aliphatic heterocycles. The Labute approximate surface area is 506 Å². The Hall–Kier alpha value is -8.65. The second kappa shape index (κ2) is 32.0. The van der Waals surface area contributed by atoms with Crippen LogP contribution in [0.25, 0.3) is 11.1 Å². The number of unbranched alkanes of at least 4 members (excludes halogenated alkanes) is 2. The molecule has 0 aromatic heterocycles. The summed E-state index contributed by atoms with van der Waals surface area (Å²) in [7, 11) is 6.42. The molecule has 0 aliphatic carbocycles. The van der Waals surface area contributed by atoms with Gasteiger partial charge in [0.25, 0.3) is 11.8 Å². The van der Waals surface area contributed by atoms with Crippen LogP contribution in [0.1, 0.15) is 140 Å². The van der Waals surface area contributed by atoms with Crippen LogP contribution in [-0.4, -0.2) is 142 Å². The number of methoxy groups -OCH3 is 3. The fraction of sp³-hybridized carbons (Fsp3) is 0.439. The Morgan fingerprint density at radius 3 is 1.59 bits per heavy atom. The second-order valence-electron chi connectivity index (χ2n) is 21.0. The molecule has 9 rings (SSSR count). The summed E-state index contributed by atoms with van der Waals surface area (Å²) in [5, 5.41) is 8.37. The zero-order valence-electron chi connectivity index (χ0n) is 51.0. The Balaban J connectivity index is 0.000000422. The lowest BCUT2D eigenvalue weighted by atomic mass is 9.82. The SMILES string of the molecule is C.CC.CC.CC(C)C(C=O)NC(=O)CCCCCN1C(=O)C(C)(C)C1=O.CNCC(=O)Nc1ccc(C2=CN3C(=O)c4cc(OC)c(OCCCOc5cc6c(cc5OC)C(=O)N5C=C(c7ccc(OC)cc7)CC5C=N6)cc4N=CC3C2)cc1. The quantitative estimate of drug-likeness (QED) is 0.0272. The first-order valence-electron chi connectivity index (χ1n) is 29.1. The number of likely N-dealkylation sites (tertiary alicyclic amines) is 1. The number of imide groups is 1. The third-order valence-corrected chi connectivity index (χ3v) is 14.6. The second-order valence-corrected chi connectivity index (χ2v) is 21.0. The van der Waals surface area contributed by atoms with Gasteiger partial charge < -0.3 is 54.2 Å². The number of benzene rings is 4. The number of aliphatic imine (C=N–C) groups is 2. The summed E-state index contributed by atoms with van der Waals surface area (Å²) in [5.74, 6) is 1.74. The number of ether oxygens (including phenoxy) is 5. The molecule has 0 radical (unpaired) electrons. The van der Waals surface area contributed by atoms with Gasteiger partial charge in [-0.05, 0) is 98.3 Å². The number of rotatable bonds is 23. The fourth-order valence-corrected chi connectivity index (χ4v) is 9.86. The van der Waals surface area contributed by atoms with Gasteiger partial charge in [0.1, 0.15) is 17.5 Å². The Kier molecular flexibility index (Phi) is 25.4. The van der Waals surface area contributed by atoms with Crippen molar-refractivity contribution < 1.29 is 57.2 Å². The molecule has 0 bridgehead atoms. The number of amides is 6.